The summed E-state index contributed by atoms with van der Waals surface area (Å²) >= 11 is 0. The number of ether oxygens (including phenoxy) is 1. The van der Waals surface area contributed by atoms with Crippen molar-refractivity contribution in [2.75, 3.05) is 6.61 Å². The topological polar surface area (TPSA) is 31.2 Å². The first-order chi connectivity index (χ1) is 8.70. The standard InChI is InChI=1S/C15H17NO2/c1-12-5-6-13(2)15(10-12)18-9-8-16-7-3-4-14(16)11-17/h3-7,10-11H,8-9H2,1-2H3. The van der Waals surface area contributed by atoms with Crippen molar-refractivity contribution in [2.24, 2.45) is 0 Å². The van der Waals surface area contributed by atoms with E-state index in [9.17, 15) is 4.79 Å². The number of rotatable bonds is 5. The third-order valence-corrected chi connectivity index (χ3v) is 2.92. The molecule has 0 saturated carbocycles. The normalized spacial score (nSPS) is 10.3. The van der Waals surface area contributed by atoms with Crippen LogP contribution in [0.4, 0.5) is 0 Å². The zero-order valence-corrected chi connectivity index (χ0v) is 10.7. The van der Waals surface area contributed by atoms with Gasteiger partial charge in [-0.2, -0.15) is 0 Å². The van der Waals surface area contributed by atoms with Crippen molar-refractivity contribution in [3.05, 3.63) is 53.3 Å². The van der Waals surface area contributed by atoms with E-state index in [4.69, 9.17) is 4.74 Å². The quantitative estimate of drug-likeness (QED) is 0.756. The number of benzene rings is 1. The van der Waals surface area contributed by atoms with Crippen LogP contribution in [0.15, 0.2) is 36.5 Å². The first kappa shape index (κ1) is 12.4. The highest BCUT2D eigenvalue weighted by atomic mass is 16.5. The smallest absolute Gasteiger partial charge is 0.166 e. The van der Waals surface area contributed by atoms with Gasteiger partial charge in [-0.25, -0.2) is 0 Å². The van der Waals surface area contributed by atoms with Crippen LogP contribution in [0.1, 0.15) is 21.6 Å². The highest BCUT2D eigenvalue weighted by molar-refractivity contribution is 5.72. The van der Waals surface area contributed by atoms with E-state index in [0.29, 0.717) is 18.8 Å². The lowest BCUT2D eigenvalue weighted by atomic mass is 10.1. The monoisotopic (exact) mass is 243 g/mol. The van der Waals surface area contributed by atoms with Crippen molar-refractivity contribution in [3.63, 3.8) is 0 Å². The number of aryl methyl sites for hydroxylation is 2. The van der Waals surface area contributed by atoms with E-state index < -0.39 is 0 Å². The maximum Gasteiger partial charge on any atom is 0.166 e. The van der Waals surface area contributed by atoms with Crippen LogP contribution in [-0.4, -0.2) is 17.5 Å². The van der Waals surface area contributed by atoms with Crippen molar-refractivity contribution < 1.29 is 9.53 Å². The number of hydrogen-bond acceptors (Lipinski definition) is 2. The molecule has 0 aliphatic heterocycles. The second kappa shape index (κ2) is 5.54. The first-order valence-electron chi connectivity index (χ1n) is 6.01. The van der Waals surface area contributed by atoms with Gasteiger partial charge in [-0.05, 0) is 43.2 Å². The van der Waals surface area contributed by atoms with Gasteiger partial charge in [0.25, 0.3) is 0 Å². The predicted molar refractivity (Wildman–Crippen MR) is 71.2 cm³/mol. The molecule has 0 radical (unpaired) electrons. The Balaban J connectivity index is 1.96. The van der Waals surface area contributed by atoms with Crippen molar-refractivity contribution >= 4 is 6.29 Å². The summed E-state index contributed by atoms with van der Waals surface area (Å²) in [5.41, 5.74) is 2.99. The summed E-state index contributed by atoms with van der Waals surface area (Å²) in [5.74, 6) is 0.912. The molecule has 0 unspecified atom stereocenters. The Morgan fingerprint density at radius 2 is 2.11 bits per heavy atom. The highest BCUT2D eigenvalue weighted by Crippen LogP contribution is 2.19. The summed E-state index contributed by atoms with van der Waals surface area (Å²) in [5, 5.41) is 0. The summed E-state index contributed by atoms with van der Waals surface area (Å²) < 4.78 is 7.64. The molecule has 0 N–H and O–H groups in total. The Kier molecular flexibility index (Phi) is 3.82. The van der Waals surface area contributed by atoms with Crippen LogP contribution in [0.2, 0.25) is 0 Å². The molecule has 2 rings (SSSR count). The molecule has 3 heteroatoms. The van der Waals surface area contributed by atoms with Crippen molar-refractivity contribution in [3.8, 4) is 5.75 Å². The van der Waals surface area contributed by atoms with Crippen LogP contribution < -0.4 is 4.74 Å². The minimum Gasteiger partial charge on any atom is -0.491 e. The van der Waals surface area contributed by atoms with E-state index in [1.807, 2.05) is 36.7 Å². The number of aromatic nitrogens is 1. The van der Waals surface area contributed by atoms with E-state index >= 15 is 0 Å². The number of aldehydes is 1. The second-order valence-corrected chi connectivity index (χ2v) is 4.36. The lowest BCUT2D eigenvalue weighted by Crippen LogP contribution is -2.10. The average Bonchev–Trinajstić information content (AvgIpc) is 2.81. The highest BCUT2D eigenvalue weighted by Gasteiger charge is 2.02. The molecule has 0 spiro atoms. The van der Waals surface area contributed by atoms with Gasteiger partial charge >= 0.3 is 0 Å². The third kappa shape index (κ3) is 2.80. The van der Waals surface area contributed by atoms with Gasteiger partial charge in [-0.1, -0.05) is 12.1 Å². The SMILES string of the molecule is Cc1ccc(C)c(OCCn2cccc2C=O)c1. The lowest BCUT2D eigenvalue weighted by molar-refractivity contribution is 0.111. The van der Waals surface area contributed by atoms with E-state index in [2.05, 4.69) is 12.1 Å². The number of nitrogens with zero attached hydrogens (tertiary/aromatic N) is 1. The summed E-state index contributed by atoms with van der Waals surface area (Å²) in [6, 6.07) is 9.81. The van der Waals surface area contributed by atoms with E-state index in [1.54, 1.807) is 6.07 Å². The molecule has 18 heavy (non-hydrogen) atoms. The Labute approximate surface area is 107 Å². The minimum absolute atomic E-state index is 0.555. The van der Waals surface area contributed by atoms with Gasteiger partial charge in [-0.15, -0.1) is 0 Å². The molecule has 94 valence electrons. The molecule has 0 aliphatic rings. The van der Waals surface area contributed by atoms with Gasteiger partial charge in [0.15, 0.2) is 6.29 Å². The summed E-state index contributed by atoms with van der Waals surface area (Å²) in [4.78, 5) is 10.8. The van der Waals surface area contributed by atoms with E-state index in [1.165, 1.54) is 5.56 Å². The van der Waals surface area contributed by atoms with Gasteiger partial charge in [0.1, 0.15) is 12.4 Å². The van der Waals surface area contributed by atoms with Crippen molar-refractivity contribution in [1.29, 1.82) is 0 Å². The largest absolute Gasteiger partial charge is 0.491 e. The third-order valence-electron chi connectivity index (χ3n) is 2.92. The minimum atomic E-state index is 0.555. The first-order valence-corrected chi connectivity index (χ1v) is 6.01. The van der Waals surface area contributed by atoms with E-state index in [-0.39, 0.29) is 0 Å². The fraction of sp³-hybridized carbons (Fsp3) is 0.267. The number of carbonyl (C=O) groups is 1. The molecular formula is C15H17NO2. The molecule has 0 bridgehead atoms. The Hall–Kier alpha value is -2.03. The molecule has 0 amide bonds. The van der Waals surface area contributed by atoms with Crippen LogP contribution >= 0.6 is 0 Å². The molecule has 2 aromatic rings. The van der Waals surface area contributed by atoms with Crippen molar-refractivity contribution in [1.82, 2.24) is 4.57 Å². The molecule has 0 fully saturated rings. The van der Waals surface area contributed by atoms with Crippen LogP contribution in [0.3, 0.4) is 0 Å². The lowest BCUT2D eigenvalue weighted by Gasteiger charge is -2.11. The molecule has 1 aromatic carbocycles. The fourth-order valence-electron chi connectivity index (χ4n) is 1.85. The van der Waals surface area contributed by atoms with Gasteiger partial charge in [0.2, 0.25) is 0 Å². The predicted octanol–water partition coefficient (Wildman–Crippen LogP) is 3.00. The zero-order chi connectivity index (χ0) is 13.0. The van der Waals surface area contributed by atoms with Gasteiger partial charge in [0, 0.05) is 6.20 Å². The fourth-order valence-corrected chi connectivity index (χ4v) is 1.85. The number of hydrogen-bond donors (Lipinski definition) is 0. The second-order valence-electron chi connectivity index (χ2n) is 4.36. The van der Waals surface area contributed by atoms with Crippen LogP contribution in [0.5, 0.6) is 5.75 Å². The molecule has 1 aromatic heterocycles. The molecule has 1 heterocycles. The summed E-state index contributed by atoms with van der Waals surface area (Å²) in [6.07, 6.45) is 2.74. The molecule has 0 aliphatic carbocycles. The summed E-state index contributed by atoms with van der Waals surface area (Å²) in [7, 11) is 0. The van der Waals surface area contributed by atoms with Crippen LogP contribution in [-0.2, 0) is 6.54 Å². The maximum absolute atomic E-state index is 10.8. The number of carbonyl (C=O) groups excluding carboxylic acids is 1. The average molecular weight is 243 g/mol. The van der Waals surface area contributed by atoms with Gasteiger partial charge in [-0.3, -0.25) is 4.79 Å². The molecule has 0 saturated heterocycles. The van der Waals surface area contributed by atoms with Gasteiger partial charge < -0.3 is 9.30 Å². The van der Waals surface area contributed by atoms with E-state index in [0.717, 1.165) is 17.6 Å². The Morgan fingerprint density at radius 3 is 2.89 bits per heavy atom. The van der Waals surface area contributed by atoms with Gasteiger partial charge in [0.05, 0.1) is 12.2 Å². The van der Waals surface area contributed by atoms with Crippen LogP contribution in [0, 0.1) is 13.8 Å². The van der Waals surface area contributed by atoms with Crippen molar-refractivity contribution in [2.45, 2.75) is 20.4 Å². The maximum atomic E-state index is 10.8. The zero-order valence-electron chi connectivity index (χ0n) is 10.7. The Morgan fingerprint density at radius 1 is 1.28 bits per heavy atom. The van der Waals surface area contributed by atoms with Crippen LogP contribution in [0.25, 0.3) is 0 Å². The Bertz CT molecular complexity index is 543. The summed E-state index contributed by atoms with van der Waals surface area (Å²) in [6.45, 7) is 5.30. The molecule has 3 nitrogen and oxygen atoms in total. The molecule has 0 atom stereocenters. The molecular weight excluding hydrogens is 226 g/mol.